The van der Waals surface area contributed by atoms with E-state index in [9.17, 15) is 14.0 Å². The van der Waals surface area contributed by atoms with E-state index >= 15 is 0 Å². The lowest BCUT2D eigenvalue weighted by Gasteiger charge is -2.26. The van der Waals surface area contributed by atoms with Gasteiger partial charge in [0.2, 0.25) is 11.8 Å². The summed E-state index contributed by atoms with van der Waals surface area (Å²) < 4.78 is 13.8. The van der Waals surface area contributed by atoms with E-state index in [0.29, 0.717) is 6.42 Å². The van der Waals surface area contributed by atoms with Crippen LogP contribution in [-0.4, -0.2) is 17.9 Å². The summed E-state index contributed by atoms with van der Waals surface area (Å²) in [5, 5.41) is 2.69. The second-order valence-corrected chi connectivity index (χ2v) is 5.61. The lowest BCUT2D eigenvalue weighted by molar-refractivity contribution is -0.120. The monoisotopic (exact) mass is 293 g/mol. The average molecular weight is 293 g/mol. The van der Waals surface area contributed by atoms with Gasteiger partial charge in [0.25, 0.3) is 0 Å². The van der Waals surface area contributed by atoms with Crippen molar-refractivity contribution in [1.82, 2.24) is 0 Å². The van der Waals surface area contributed by atoms with Crippen LogP contribution in [0.5, 0.6) is 0 Å². The Morgan fingerprint density at radius 3 is 2.67 bits per heavy atom. The van der Waals surface area contributed by atoms with Crippen molar-refractivity contribution in [2.45, 2.75) is 38.6 Å². The van der Waals surface area contributed by atoms with Crippen LogP contribution in [0.25, 0.3) is 0 Å². The Hall–Kier alpha value is -1.95. The van der Waals surface area contributed by atoms with Gasteiger partial charge in [0, 0.05) is 28.8 Å². The van der Waals surface area contributed by atoms with Gasteiger partial charge in [-0.05, 0) is 38.3 Å². The van der Waals surface area contributed by atoms with Crippen molar-refractivity contribution in [3.8, 4) is 0 Å². The molecule has 0 saturated heterocycles. The fourth-order valence-electron chi connectivity index (χ4n) is 2.65. The molecule has 5 N–H and O–H groups in total. The van der Waals surface area contributed by atoms with Crippen LogP contribution in [-0.2, 0) is 4.79 Å². The third-order valence-electron chi connectivity index (χ3n) is 3.97. The molecule has 2 amide bonds. The summed E-state index contributed by atoms with van der Waals surface area (Å²) in [7, 11) is 0. The highest BCUT2D eigenvalue weighted by Crippen LogP contribution is 2.26. The first-order valence-corrected chi connectivity index (χ1v) is 7.05. The maximum Gasteiger partial charge on any atom is 0.248 e. The van der Waals surface area contributed by atoms with Gasteiger partial charge in [-0.1, -0.05) is 6.42 Å². The van der Waals surface area contributed by atoms with Gasteiger partial charge in [0.1, 0.15) is 5.82 Å². The minimum atomic E-state index is -0.732. The summed E-state index contributed by atoms with van der Waals surface area (Å²) in [4.78, 5) is 23.4. The average Bonchev–Trinajstić information content (AvgIpc) is 2.43. The molecule has 21 heavy (non-hydrogen) atoms. The van der Waals surface area contributed by atoms with Crippen molar-refractivity contribution < 1.29 is 14.0 Å². The van der Waals surface area contributed by atoms with Gasteiger partial charge in [-0.15, -0.1) is 0 Å². The first-order chi connectivity index (χ1) is 9.88. The third kappa shape index (κ3) is 3.58. The lowest BCUT2D eigenvalue weighted by atomic mass is 9.85. The summed E-state index contributed by atoms with van der Waals surface area (Å²) in [6, 6.07) is 2.51. The molecule has 1 saturated carbocycles. The maximum atomic E-state index is 13.8. The molecule has 6 heteroatoms. The van der Waals surface area contributed by atoms with Crippen LogP contribution in [0.1, 0.15) is 41.6 Å². The van der Waals surface area contributed by atoms with Gasteiger partial charge in [-0.3, -0.25) is 9.59 Å². The summed E-state index contributed by atoms with van der Waals surface area (Å²) in [5.74, 6) is -1.66. The molecule has 0 aromatic heterocycles. The van der Waals surface area contributed by atoms with E-state index < -0.39 is 11.7 Å². The lowest BCUT2D eigenvalue weighted by Crippen LogP contribution is -2.34. The number of nitrogens with two attached hydrogens (primary N) is 2. The molecule has 0 aliphatic heterocycles. The highest BCUT2D eigenvalue weighted by atomic mass is 19.1. The van der Waals surface area contributed by atoms with Crippen LogP contribution in [0.15, 0.2) is 12.1 Å². The van der Waals surface area contributed by atoms with E-state index in [1.54, 1.807) is 6.92 Å². The van der Waals surface area contributed by atoms with Crippen molar-refractivity contribution in [2.75, 3.05) is 5.32 Å². The molecule has 5 nitrogen and oxygen atoms in total. The van der Waals surface area contributed by atoms with Gasteiger partial charge >= 0.3 is 0 Å². The van der Waals surface area contributed by atoms with E-state index in [4.69, 9.17) is 11.5 Å². The molecular formula is C15H20FN3O2. The first kappa shape index (κ1) is 15.4. The second kappa shape index (κ2) is 6.22. The smallest absolute Gasteiger partial charge is 0.248 e. The number of hydrogen-bond acceptors (Lipinski definition) is 3. The van der Waals surface area contributed by atoms with Gasteiger partial charge in [0.05, 0.1) is 0 Å². The maximum absolute atomic E-state index is 13.8. The normalized spacial score (nSPS) is 21.9. The number of nitrogens with one attached hydrogen (secondary N) is 1. The molecule has 1 aliphatic carbocycles. The molecule has 0 bridgehead atoms. The number of primary amides is 1. The number of rotatable bonds is 3. The van der Waals surface area contributed by atoms with Gasteiger partial charge < -0.3 is 16.8 Å². The standard InChI is InChI=1S/C15H20FN3O2/c1-8-12(16)6-10(14(18)20)7-13(8)19-15(21)9-3-2-4-11(17)5-9/h6-7,9,11H,2-5,17H2,1H3,(H2,18,20)(H,19,21). The van der Waals surface area contributed by atoms with E-state index in [2.05, 4.69) is 5.32 Å². The highest BCUT2D eigenvalue weighted by molar-refractivity contribution is 5.97. The summed E-state index contributed by atoms with van der Waals surface area (Å²) in [5.41, 5.74) is 11.6. The van der Waals surface area contributed by atoms with Crippen LogP contribution in [0, 0.1) is 18.7 Å². The van der Waals surface area contributed by atoms with Crippen molar-refractivity contribution in [2.24, 2.45) is 17.4 Å². The Morgan fingerprint density at radius 2 is 2.05 bits per heavy atom. The first-order valence-electron chi connectivity index (χ1n) is 7.05. The third-order valence-corrected chi connectivity index (χ3v) is 3.97. The number of carbonyl (C=O) groups is 2. The molecule has 1 aromatic carbocycles. The minimum Gasteiger partial charge on any atom is -0.366 e. The Labute approximate surface area is 122 Å². The molecule has 114 valence electrons. The van der Waals surface area contributed by atoms with Gasteiger partial charge in [0.15, 0.2) is 0 Å². The quantitative estimate of drug-likeness (QED) is 0.791. The largest absolute Gasteiger partial charge is 0.366 e. The molecule has 0 heterocycles. The van der Waals surface area contributed by atoms with Crippen molar-refractivity contribution in [3.63, 3.8) is 0 Å². The zero-order valence-electron chi connectivity index (χ0n) is 12.0. The molecule has 1 aromatic rings. The topological polar surface area (TPSA) is 98.2 Å². The number of hydrogen-bond donors (Lipinski definition) is 3. The van der Waals surface area contributed by atoms with Crippen LogP contribution < -0.4 is 16.8 Å². The Bertz CT molecular complexity index is 574. The number of amides is 2. The Balaban J connectivity index is 2.18. The van der Waals surface area contributed by atoms with Gasteiger partial charge in [-0.2, -0.15) is 0 Å². The number of benzene rings is 1. The molecule has 1 aliphatic rings. The zero-order valence-corrected chi connectivity index (χ0v) is 12.0. The molecule has 0 spiro atoms. The number of halogens is 1. The number of carbonyl (C=O) groups excluding carboxylic acids is 2. The van der Waals surface area contributed by atoms with Crippen molar-refractivity contribution >= 4 is 17.5 Å². The Kier molecular flexibility index (Phi) is 4.57. The van der Waals surface area contributed by atoms with Crippen LogP contribution >= 0.6 is 0 Å². The zero-order chi connectivity index (χ0) is 15.6. The second-order valence-electron chi connectivity index (χ2n) is 5.61. The summed E-state index contributed by atoms with van der Waals surface area (Å²) >= 11 is 0. The van der Waals surface area contributed by atoms with E-state index in [1.165, 1.54) is 6.07 Å². The summed E-state index contributed by atoms with van der Waals surface area (Å²) in [6.45, 7) is 1.54. The molecule has 2 unspecified atom stereocenters. The fourth-order valence-corrected chi connectivity index (χ4v) is 2.65. The Morgan fingerprint density at radius 1 is 1.33 bits per heavy atom. The summed E-state index contributed by atoms with van der Waals surface area (Å²) in [6.07, 6.45) is 3.24. The highest BCUT2D eigenvalue weighted by Gasteiger charge is 2.26. The fraction of sp³-hybridized carbons (Fsp3) is 0.467. The molecule has 2 rings (SSSR count). The molecule has 1 fully saturated rings. The van der Waals surface area contributed by atoms with Crippen LogP contribution in [0.3, 0.4) is 0 Å². The molecule has 2 atom stereocenters. The number of anilines is 1. The SMILES string of the molecule is Cc1c(F)cc(C(N)=O)cc1NC(=O)C1CCCC(N)C1. The van der Waals surface area contributed by atoms with Gasteiger partial charge in [-0.25, -0.2) is 4.39 Å². The van der Waals surface area contributed by atoms with Crippen LogP contribution in [0.2, 0.25) is 0 Å². The predicted octanol–water partition coefficient (Wildman–Crippen LogP) is 1.69. The predicted molar refractivity (Wildman–Crippen MR) is 78.2 cm³/mol. The van der Waals surface area contributed by atoms with Crippen LogP contribution in [0.4, 0.5) is 10.1 Å². The van der Waals surface area contributed by atoms with E-state index in [1.807, 2.05) is 0 Å². The van der Waals surface area contributed by atoms with E-state index in [0.717, 1.165) is 25.3 Å². The van der Waals surface area contributed by atoms with Crippen molar-refractivity contribution in [1.29, 1.82) is 0 Å². The van der Waals surface area contributed by atoms with E-state index in [-0.39, 0.29) is 34.7 Å². The molecular weight excluding hydrogens is 273 g/mol. The minimum absolute atomic E-state index is 0.0317. The molecule has 0 radical (unpaired) electrons. The van der Waals surface area contributed by atoms with Crippen molar-refractivity contribution in [3.05, 3.63) is 29.1 Å².